The summed E-state index contributed by atoms with van der Waals surface area (Å²) in [5.74, 6) is 0. The first-order valence-electron chi connectivity index (χ1n) is 4.62. The molecule has 1 saturated carbocycles. The van der Waals surface area contributed by atoms with Gasteiger partial charge < -0.3 is 5.73 Å². The predicted molar refractivity (Wildman–Crippen MR) is 51.2 cm³/mol. The predicted octanol–water partition coefficient (Wildman–Crippen LogP) is 1.25. The summed E-state index contributed by atoms with van der Waals surface area (Å²) in [7, 11) is 0. The summed E-state index contributed by atoms with van der Waals surface area (Å²) in [6.45, 7) is 4.13. The molecule has 3 heteroatoms. The minimum atomic E-state index is -0.191. The fourth-order valence-corrected chi connectivity index (χ4v) is 1.90. The van der Waals surface area contributed by atoms with E-state index in [0.29, 0.717) is 0 Å². The molecule has 0 atom stereocenters. The zero-order valence-corrected chi connectivity index (χ0v) is 8.12. The highest BCUT2D eigenvalue weighted by Crippen LogP contribution is 2.53. The third-order valence-electron chi connectivity index (χ3n) is 3.04. The summed E-state index contributed by atoms with van der Waals surface area (Å²) in [5.41, 5.74) is 7.08. The average Bonchev–Trinajstić information content (AvgIpc) is 2.84. The average molecular weight is 177 g/mol. The van der Waals surface area contributed by atoms with Gasteiger partial charge in [-0.2, -0.15) is 0 Å². The molecule has 2 rings (SSSR count). The second-order valence-corrected chi connectivity index (χ2v) is 4.39. The zero-order chi connectivity index (χ0) is 9.53. The SMILES string of the molecule is CC(C)(N)C1(c2cnccn2)CC1. The second kappa shape index (κ2) is 2.51. The van der Waals surface area contributed by atoms with Crippen LogP contribution in [-0.4, -0.2) is 15.5 Å². The quantitative estimate of drug-likeness (QED) is 0.739. The summed E-state index contributed by atoms with van der Waals surface area (Å²) in [6, 6.07) is 0. The van der Waals surface area contributed by atoms with Gasteiger partial charge in [0.1, 0.15) is 0 Å². The Labute approximate surface area is 78.4 Å². The van der Waals surface area contributed by atoms with Crippen LogP contribution < -0.4 is 5.73 Å². The molecule has 1 aliphatic rings. The molecule has 1 fully saturated rings. The molecule has 1 aliphatic carbocycles. The normalized spacial score (nSPS) is 19.9. The summed E-state index contributed by atoms with van der Waals surface area (Å²) in [5, 5.41) is 0. The molecule has 0 aromatic carbocycles. The van der Waals surface area contributed by atoms with E-state index in [1.807, 2.05) is 6.20 Å². The van der Waals surface area contributed by atoms with Crippen molar-refractivity contribution in [1.29, 1.82) is 0 Å². The van der Waals surface area contributed by atoms with E-state index in [4.69, 9.17) is 5.73 Å². The third kappa shape index (κ3) is 1.23. The first-order chi connectivity index (χ1) is 6.06. The molecule has 1 aromatic rings. The van der Waals surface area contributed by atoms with Gasteiger partial charge in [-0.25, -0.2) is 0 Å². The van der Waals surface area contributed by atoms with Crippen LogP contribution in [0.2, 0.25) is 0 Å². The molecule has 0 radical (unpaired) electrons. The van der Waals surface area contributed by atoms with Crippen molar-refractivity contribution in [2.75, 3.05) is 0 Å². The maximum atomic E-state index is 6.14. The first-order valence-corrected chi connectivity index (χ1v) is 4.62. The number of hydrogen-bond donors (Lipinski definition) is 1. The Balaban J connectivity index is 2.37. The van der Waals surface area contributed by atoms with Gasteiger partial charge in [0.15, 0.2) is 0 Å². The molecule has 3 nitrogen and oxygen atoms in total. The fraction of sp³-hybridized carbons (Fsp3) is 0.600. The summed E-state index contributed by atoms with van der Waals surface area (Å²) >= 11 is 0. The standard InChI is InChI=1S/C10H15N3/c1-9(2,11)10(3-4-10)8-7-12-5-6-13-8/h5-7H,3-4,11H2,1-2H3. The van der Waals surface area contributed by atoms with Gasteiger partial charge in [-0.05, 0) is 26.7 Å². The lowest BCUT2D eigenvalue weighted by Gasteiger charge is -2.29. The highest BCUT2D eigenvalue weighted by Gasteiger charge is 2.54. The van der Waals surface area contributed by atoms with Crippen molar-refractivity contribution in [1.82, 2.24) is 9.97 Å². The van der Waals surface area contributed by atoms with Crippen LogP contribution in [0.1, 0.15) is 32.4 Å². The Hall–Kier alpha value is -0.960. The molecule has 0 unspecified atom stereocenters. The molecule has 1 heterocycles. The van der Waals surface area contributed by atoms with E-state index in [2.05, 4.69) is 23.8 Å². The molecule has 1 aromatic heterocycles. The first kappa shape index (κ1) is 8.63. The van der Waals surface area contributed by atoms with Crippen molar-refractivity contribution in [2.45, 2.75) is 37.6 Å². The van der Waals surface area contributed by atoms with E-state index in [-0.39, 0.29) is 11.0 Å². The van der Waals surface area contributed by atoms with Gasteiger partial charge >= 0.3 is 0 Å². The molecule has 0 amide bonds. The lowest BCUT2D eigenvalue weighted by Crippen LogP contribution is -2.45. The van der Waals surface area contributed by atoms with Crippen molar-refractivity contribution < 1.29 is 0 Å². The van der Waals surface area contributed by atoms with Crippen LogP contribution in [0.4, 0.5) is 0 Å². The van der Waals surface area contributed by atoms with Crippen LogP contribution in [0.25, 0.3) is 0 Å². The number of aromatic nitrogens is 2. The Bertz CT molecular complexity index is 296. The number of nitrogens with two attached hydrogens (primary N) is 1. The lowest BCUT2D eigenvalue weighted by molar-refractivity contribution is 0.383. The Morgan fingerprint density at radius 3 is 2.46 bits per heavy atom. The minimum absolute atomic E-state index is 0.0846. The van der Waals surface area contributed by atoms with Crippen LogP contribution in [0.5, 0.6) is 0 Å². The van der Waals surface area contributed by atoms with Crippen molar-refractivity contribution in [3.05, 3.63) is 24.3 Å². The van der Waals surface area contributed by atoms with Gasteiger partial charge in [-0.3, -0.25) is 9.97 Å². The Morgan fingerprint density at radius 2 is 2.08 bits per heavy atom. The smallest absolute Gasteiger partial charge is 0.0666 e. The summed E-state index contributed by atoms with van der Waals surface area (Å²) < 4.78 is 0. The Kier molecular flexibility index (Phi) is 1.67. The topological polar surface area (TPSA) is 51.8 Å². The van der Waals surface area contributed by atoms with Crippen molar-refractivity contribution >= 4 is 0 Å². The van der Waals surface area contributed by atoms with E-state index < -0.39 is 0 Å². The number of hydrogen-bond acceptors (Lipinski definition) is 3. The van der Waals surface area contributed by atoms with Crippen LogP contribution >= 0.6 is 0 Å². The van der Waals surface area contributed by atoms with Crippen LogP contribution in [0.3, 0.4) is 0 Å². The van der Waals surface area contributed by atoms with E-state index in [0.717, 1.165) is 18.5 Å². The fourth-order valence-electron chi connectivity index (χ4n) is 1.90. The lowest BCUT2D eigenvalue weighted by atomic mass is 9.82. The zero-order valence-electron chi connectivity index (χ0n) is 8.12. The largest absolute Gasteiger partial charge is 0.325 e. The number of nitrogens with zero attached hydrogens (tertiary/aromatic N) is 2. The molecule has 70 valence electrons. The highest BCUT2D eigenvalue weighted by atomic mass is 14.9. The molecule has 0 saturated heterocycles. The van der Waals surface area contributed by atoms with Gasteiger partial charge in [0.2, 0.25) is 0 Å². The third-order valence-corrected chi connectivity index (χ3v) is 3.04. The van der Waals surface area contributed by atoms with Crippen LogP contribution in [-0.2, 0) is 5.41 Å². The van der Waals surface area contributed by atoms with Crippen LogP contribution in [0.15, 0.2) is 18.6 Å². The monoisotopic (exact) mass is 177 g/mol. The van der Waals surface area contributed by atoms with Gasteiger partial charge in [0.05, 0.1) is 5.69 Å². The maximum Gasteiger partial charge on any atom is 0.0666 e. The van der Waals surface area contributed by atoms with Crippen molar-refractivity contribution in [2.24, 2.45) is 5.73 Å². The molecular weight excluding hydrogens is 162 g/mol. The molecule has 0 spiro atoms. The van der Waals surface area contributed by atoms with Gasteiger partial charge in [0, 0.05) is 29.5 Å². The van der Waals surface area contributed by atoms with E-state index in [9.17, 15) is 0 Å². The second-order valence-electron chi connectivity index (χ2n) is 4.39. The molecular formula is C10H15N3. The van der Waals surface area contributed by atoms with E-state index in [1.54, 1.807) is 12.4 Å². The molecule has 2 N–H and O–H groups in total. The van der Waals surface area contributed by atoms with Gasteiger partial charge in [0.25, 0.3) is 0 Å². The van der Waals surface area contributed by atoms with Crippen molar-refractivity contribution in [3.8, 4) is 0 Å². The maximum absolute atomic E-state index is 6.14. The van der Waals surface area contributed by atoms with E-state index in [1.165, 1.54) is 0 Å². The van der Waals surface area contributed by atoms with E-state index >= 15 is 0 Å². The van der Waals surface area contributed by atoms with Gasteiger partial charge in [-0.1, -0.05) is 0 Å². The van der Waals surface area contributed by atoms with Crippen molar-refractivity contribution in [3.63, 3.8) is 0 Å². The summed E-state index contributed by atoms with van der Waals surface area (Å²) in [4.78, 5) is 8.42. The summed E-state index contributed by atoms with van der Waals surface area (Å²) in [6.07, 6.45) is 7.54. The molecule has 0 bridgehead atoms. The van der Waals surface area contributed by atoms with Crippen LogP contribution in [0, 0.1) is 0 Å². The number of rotatable bonds is 2. The molecule has 13 heavy (non-hydrogen) atoms. The minimum Gasteiger partial charge on any atom is -0.325 e. The van der Waals surface area contributed by atoms with Gasteiger partial charge in [-0.15, -0.1) is 0 Å². The highest BCUT2D eigenvalue weighted by molar-refractivity contribution is 5.28. The Morgan fingerprint density at radius 1 is 1.38 bits per heavy atom. The molecule has 0 aliphatic heterocycles.